The van der Waals surface area contributed by atoms with Crippen molar-refractivity contribution in [2.45, 2.75) is 18.2 Å². The maximum absolute atomic E-state index is 12.1. The molecule has 0 radical (unpaired) electrons. The Morgan fingerprint density at radius 2 is 2.11 bits per heavy atom. The van der Waals surface area contributed by atoms with Gasteiger partial charge in [-0.3, -0.25) is 0 Å². The van der Waals surface area contributed by atoms with Gasteiger partial charge in [-0.05, 0) is 37.6 Å². The molecule has 106 valence electrons. The van der Waals surface area contributed by atoms with Crippen molar-refractivity contribution in [3.05, 3.63) is 28.3 Å². The third-order valence-corrected chi connectivity index (χ3v) is 4.32. The van der Waals surface area contributed by atoms with Crippen molar-refractivity contribution < 1.29 is 18.3 Å². The lowest BCUT2D eigenvalue weighted by Gasteiger charge is -2.11. The maximum atomic E-state index is 12.1. The minimum Gasteiger partial charge on any atom is -0.478 e. The highest BCUT2D eigenvalue weighted by Gasteiger charge is 2.21. The predicted molar refractivity (Wildman–Crippen MR) is 72.0 cm³/mol. The van der Waals surface area contributed by atoms with Gasteiger partial charge in [0.15, 0.2) is 0 Å². The zero-order chi connectivity index (χ0) is 14.6. The monoisotopic (exact) mass is 306 g/mol. The summed E-state index contributed by atoms with van der Waals surface area (Å²) < 4.78 is 26.5. The lowest BCUT2D eigenvalue weighted by Crippen LogP contribution is -2.27. The summed E-state index contributed by atoms with van der Waals surface area (Å²) in [5.74, 6) is -1.22. The molecular weight excluding hydrogens is 292 g/mol. The number of hydrogen-bond donors (Lipinski definition) is 3. The molecule has 0 heterocycles. The van der Waals surface area contributed by atoms with Gasteiger partial charge in [0, 0.05) is 11.6 Å². The Bertz CT molecular complexity index is 587. The number of hydrogen-bond acceptors (Lipinski definition) is 4. The molecule has 19 heavy (non-hydrogen) atoms. The molecule has 0 aromatic heterocycles. The molecule has 0 bridgehead atoms. The molecule has 0 unspecified atom stereocenters. The van der Waals surface area contributed by atoms with E-state index < -0.39 is 16.0 Å². The number of aromatic carboxylic acids is 1. The molecule has 6 nitrogen and oxygen atoms in total. The number of carbonyl (C=O) groups is 1. The molecule has 1 rings (SSSR count). The summed E-state index contributed by atoms with van der Waals surface area (Å²) in [6.45, 7) is 1.97. The number of halogens is 1. The molecule has 0 saturated heterocycles. The summed E-state index contributed by atoms with van der Waals surface area (Å²) in [5.41, 5.74) is 5.30. The fourth-order valence-electron chi connectivity index (χ4n) is 1.54. The van der Waals surface area contributed by atoms with Crippen LogP contribution >= 0.6 is 11.6 Å². The largest absolute Gasteiger partial charge is 0.478 e. The van der Waals surface area contributed by atoms with Gasteiger partial charge in [-0.1, -0.05) is 11.6 Å². The number of nitrogens with one attached hydrogen (secondary N) is 1. The van der Waals surface area contributed by atoms with E-state index in [1.54, 1.807) is 0 Å². The van der Waals surface area contributed by atoms with Crippen LogP contribution in [0.25, 0.3) is 0 Å². The molecule has 0 aliphatic carbocycles. The van der Waals surface area contributed by atoms with Crippen molar-refractivity contribution in [3.63, 3.8) is 0 Å². The van der Waals surface area contributed by atoms with Gasteiger partial charge in [0.25, 0.3) is 0 Å². The third kappa shape index (κ3) is 3.90. The molecule has 1 aromatic carbocycles. The summed E-state index contributed by atoms with van der Waals surface area (Å²) in [4.78, 5) is 10.9. The first-order valence-corrected chi connectivity index (χ1v) is 7.39. The van der Waals surface area contributed by atoms with Crippen LogP contribution in [-0.2, 0) is 10.0 Å². The van der Waals surface area contributed by atoms with Crippen LogP contribution in [0.2, 0.25) is 5.02 Å². The molecule has 1 aromatic rings. The molecule has 0 aliphatic rings. The van der Waals surface area contributed by atoms with E-state index in [9.17, 15) is 13.2 Å². The molecule has 4 N–H and O–H groups in total. The van der Waals surface area contributed by atoms with Crippen molar-refractivity contribution in [2.24, 2.45) is 5.73 Å². The van der Waals surface area contributed by atoms with Gasteiger partial charge in [-0.2, -0.15) is 0 Å². The van der Waals surface area contributed by atoms with E-state index in [4.69, 9.17) is 22.4 Å². The highest BCUT2D eigenvalue weighted by Crippen LogP contribution is 2.24. The fraction of sp³-hybridized carbons (Fsp3) is 0.364. The van der Waals surface area contributed by atoms with Crippen LogP contribution in [0.3, 0.4) is 0 Å². The van der Waals surface area contributed by atoms with Crippen molar-refractivity contribution in [2.75, 3.05) is 13.1 Å². The number of carboxylic acid groups (broad SMARTS) is 1. The number of nitrogens with two attached hydrogens (primary N) is 1. The van der Waals surface area contributed by atoms with Gasteiger partial charge < -0.3 is 10.8 Å². The molecule has 0 aliphatic heterocycles. The second-order valence-electron chi connectivity index (χ2n) is 3.92. The Morgan fingerprint density at radius 3 is 2.63 bits per heavy atom. The second kappa shape index (κ2) is 6.33. The predicted octanol–water partition coefficient (Wildman–Crippen LogP) is 0.974. The molecular formula is C11H15ClN2O4S. The molecule has 0 fully saturated rings. The third-order valence-electron chi connectivity index (χ3n) is 2.52. The molecule has 0 spiro atoms. The molecule has 8 heteroatoms. The summed E-state index contributed by atoms with van der Waals surface area (Å²) in [5, 5.41) is 9.06. The highest BCUT2D eigenvalue weighted by atomic mass is 35.5. The Morgan fingerprint density at radius 1 is 1.47 bits per heavy atom. The quantitative estimate of drug-likeness (QED) is 0.679. The second-order valence-corrected chi connectivity index (χ2v) is 6.09. The standard InChI is InChI=1S/C11H15ClN2O4S/c1-7-9(11(15)16)5-8(12)6-10(7)19(17,18)14-4-2-3-13/h5-6,14H,2-4,13H2,1H3,(H,15,16). The molecule has 0 amide bonds. The number of benzene rings is 1. The average molecular weight is 307 g/mol. The van der Waals surface area contributed by atoms with Gasteiger partial charge >= 0.3 is 5.97 Å². The highest BCUT2D eigenvalue weighted by molar-refractivity contribution is 7.89. The van der Waals surface area contributed by atoms with Crippen LogP contribution < -0.4 is 10.5 Å². The Hall–Kier alpha value is -1.15. The van der Waals surface area contributed by atoms with E-state index in [1.165, 1.54) is 19.1 Å². The zero-order valence-electron chi connectivity index (χ0n) is 10.3. The topological polar surface area (TPSA) is 109 Å². The normalized spacial score (nSPS) is 11.5. The summed E-state index contributed by atoms with van der Waals surface area (Å²) in [7, 11) is -3.80. The van der Waals surface area contributed by atoms with Crippen molar-refractivity contribution in [1.29, 1.82) is 0 Å². The first-order chi connectivity index (χ1) is 8.79. The minimum absolute atomic E-state index is 0.0576. The van der Waals surface area contributed by atoms with Gasteiger partial charge in [-0.15, -0.1) is 0 Å². The van der Waals surface area contributed by atoms with Crippen molar-refractivity contribution in [1.82, 2.24) is 4.72 Å². The van der Waals surface area contributed by atoms with Gasteiger partial charge in [0.1, 0.15) is 0 Å². The van der Waals surface area contributed by atoms with Gasteiger partial charge in [0.05, 0.1) is 10.5 Å². The number of sulfonamides is 1. The van der Waals surface area contributed by atoms with Crippen molar-refractivity contribution >= 4 is 27.6 Å². The summed E-state index contributed by atoms with van der Waals surface area (Å²) in [6.07, 6.45) is 0.491. The van der Waals surface area contributed by atoms with E-state index >= 15 is 0 Å². The van der Waals surface area contributed by atoms with Crippen LogP contribution in [0.15, 0.2) is 17.0 Å². The Balaban J connectivity index is 3.23. The van der Waals surface area contributed by atoms with E-state index in [-0.39, 0.29) is 27.6 Å². The first kappa shape index (κ1) is 15.9. The van der Waals surface area contributed by atoms with E-state index in [2.05, 4.69) is 4.72 Å². The fourth-order valence-corrected chi connectivity index (χ4v) is 3.19. The Labute approximate surface area is 116 Å². The minimum atomic E-state index is -3.80. The van der Waals surface area contributed by atoms with E-state index in [0.717, 1.165) is 0 Å². The first-order valence-electron chi connectivity index (χ1n) is 5.52. The van der Waals surface area contributed by atoms with Crippen LogP contribution in [0.5, 0.6) is 0 Å². The Kier molecular flexibility index (Phi) is 5.30. The number of rotatable bonds is 6. The van der Waals surface area contributed by atoms with Crippen LogP contribution in [0.4, 0.5) is 0 Å². The van der Waals surface area contributed by atoms with E-state index in [1.807, 2.05) is 0 Å². The van der Waals surface area contributed by atoms with Gasteiger partial charge in [-0.25, -0.2) is 17.9 Å². The van der Waals surface area contributed by atoms with Crippen LogP contribution in [-0.4, -0.2) is 32.6 Å². The average Bonchev–Trinajstić information content (AvgIpc) is 2.31. The SMILES string of the molecule is Cc1c(C(=O)O)cc(Cl)cc1S(=O)(=O)NCCCN. The van der Waals surface area contributed by atoms with Crippen LogP contribution in [0.1, 0.15) is 22.3 Å². The number of carboxylic acids is 1. The van der Waals surface area contributed by atoms with E-state index in [0.29, 0.717) is 13.0 Å². The molecule has 0 atom stereocenters. The lowest BCUT2D eigenvalue weighted by atomic mass is 10.1. The van der Waals surface area contributed by atoms with Crippen molar-refractivity contribution in [3.8, 4) is 0 Å². The lowest BCUT2D eigenvalue weighted by molar-refractivity contribution is 0.0696. The summed E-state index contributed by atoms with van der Waals surface area (Å²) >= 11 is 5.76. The summed E-state index contributed by atoms with van der Waals surface area (Å²) in [6, 6.07) is 2.45. The molecule has 0 saturated carbocycles. The maximum Gasteiger partial charge on any atom is 0.336 e. The van der Waals surface area contributed by atoms with Crippen LogP contribution in [0, 0.1) is 6.92 Å². The zero-order valence-corrected chi connectivity index (χ0v) is 11.9. The van der Waals surface area contributed by atoms with Gasteiger partial charge in [0.2, 0.25) is 10.0 Å². The smallest absolute Gasteiger partial charge is 0.336 e.